The predicted molar refractivity (Wildman–Crippen MR) is 55.9 cm³/mol. The molecule has 5 nitrogen and oxygen atoms in total. The highest BCUT2D eigenvalue weighted by Gasteiger charge is 2.05. The van der Waals surface area contributed by atoms with Crippen molar-refractivity contribution >= 4 is 10.9 Å². The second kappa shape index (κ2) is 3.68. The number of nitrogens with zero attached hydrogens (tertiary/aromatic N) is 2. The molecule has 2 aromatic heterocycles. The van der Waals surface area contributed by atoms with Gasteiger partial charge in [-0.2, -0.15) is 4.98 Å². The van der Waals surface area contributed by atoms with Crippen molar-refractivity contribution < 1.29 is 4.74 Å². The Kier molecular flexibility index (Phi) is 2.37. The third-order valence-corrected chi connectivity index (χ3v) is 1.83. The molecule has 15 heavy (non-hydrogen) atoms. The maximum Gasteiger partial charge on any atom is 0.297 e. The fraction of sp³-hybridized carbons (Fsp3) is 0.300. The van der Waals surface area contributed by atoms with Crippen LogP contribution in [0.5, 0.6) is 6.01 Å². The number of rotatable bonds is 2. The second-order valence-corrected chi connectivity index (χ2v) is 3.43. The summed E-state index contributed by atoms with van der Waals surface area (Å²) in [6.45, 7) is 3.74. The smallest absolute Gasteiger partial charge is 0.297 e. The van der Waals surface area contributed by atoms with Crippen molar-refractivity contribution in [3.8, 4) is 6.01 Å². The molecule has 0 saturated carbocycles. The van der Waals surface area contributed by atoms with E-state index in [-0.39, 0.29) is 17.7 Å². The molecule has 2 rings (SSSR count). The van der Waals surface area contributed by atoms with Crippen LogP contribution in [0.1, 0.15) is 13.8 Å². The van der Waals surface area contributed by atoms with E-state index in [1.54, 1.807) is 12.3 Å². The van der Waals surface area contributed by atoms with Crippen LogP contribution in [0.2, 0.25) is 0 Å². The lowest BCUT2D eigenvalue weighted by Gasteiger charge is -2.07. The van der Waals surface area contributed by atoms with Gasteiger partial charge in [-0.1, -0.05) is 0 Å². The van der Waals surface area contributed by atoms with Crippen LogP contribution >= 0.6 is 0 Å². The Hall–Kier alpha value is -1.91. The van der Waals surface area contributed by atoms with Gasteiger partial charge in [-0.15, -0.1) is 0 Å². The molecule has 0 atom stereocenters. The van der Waals surface area contributed by atoms with Crippen LogP contribution < -0.4 is 10.3 Å². The van der Waals surface area contributed by atoms with Crippen LogP contribution in [0.15, 0.2) is 23.3 Å². The summed E-state index contributed by atoms with van der Waals surface area (Å²) in [6.07, 6.45) is 3.07. The number of H-pyrrole nitrogens is 1. The van der Waals surface area contributed by atoms with Gasteiger partial charge in [0.15, 0.2) is 0 Å². The van der Waals surface area contributed by atoms with Gasteiger partial charge in [0.25, 0.3) is 11.6 Å². The van der Waals surface area contributed by atoms with Gasteiger partial charge in [0.05, 0.1) is 23.2 Å². The number of hydrogen-bond donors (Lipinski definition) is 1. The Morgan fingerprint density at radius 1 is 1.47 bits per heavy atom. The number of pyridine rings is 1. The lowest BCUT2D eigenvalue weighted by atomic mass is 10.3. The first-order valence-corrected chi connectivity index (χ1v) is 4.67. The fourth-order valence-electron chi connectivity index (χ4n) is 1.25. The van der Waals surface area contributed by atoms with Gasteiger partial charge in [0, 0.05) is 6.20 Å². The molecule has 0 unspecified atom stereocenters. The van der Waals surface area contributed by atoms with Gasteiger partial charge in [0.2, 0.25) is 0 Å². The normalized spacial score (nSPS) is 10.9. The van der Waals surface area contributed by atoms with E-state index in [9.17, 15) is 4.79 Å². The van der Waals surface area contributed by atoms with E-state index in [0.29, 0.717) is 10.9 Å². The van der Waals surface area contributed by atoms with Crippen LogP contribution in [-0.4, -0.2) is 21.1 Å². The largest absolute Gasteiger partial charge is 0.462 e. The number of fused-ring (bicyclic) bond motifs is 1. The minimum Gasteiger partial charge on any atom is -0.462 e. The first-order valence-electron chi connectivity index (χ1n) is 4.67. The van der Waals surface area contributed by atoms with Gasteiger partial charge in [-0.25, -0.2) is 0 Å². The maximum absolute atomic E-state index is 11.6. The minimum absolute atomic E-state index is 0.0257. The molecule has 0 aliphatic carbocycles. The molecular formula is C10H11N3O2. The molecule has 2 heterocycles. The Balaban J connectivity index is 2.57. The Bertz CT molecular complexity index is 533. The summed E-state index contributed by atoms with van der Waals surface area (Å²) < 4.78 is 5.31. The van der Waals surface area contributed by atoms with E-state index < -0.39 is 0 Å². The summed E-state index contributed by atoms with van der Waals surface area (Å²) >= 11 is 0. The molecule has 78 valence electrons. The molecule has 0 fully saturated rings. The maximum atomic E-state index is 11.6. The van der Waals surface area contributed by atoms with Crippen LogP contribution in [0.25, 0.3) is 10.9 Å². The van der Waals surface area contributed by atoms with Gasteiger partial charge >= 0.3 is 0 Å². The molecule has 5 heteroatoms. The first kappa shape index (κ1) is 9.64. The van der Waals surface area contributed by atoms with Gasteiger partial charge in [-0.05, 0) is 19.9 Å². The van der Waals surface area contributed by atoms with Crippen LogP contribution in [0.4, 0.5) is 0 Å². The quantitative estimate of drug-likeness (QED) is 0.797. The highest BCUT2D eigenvalue weighted by atomic mass is 16.5. The number of hydrogen-bond acceptors (Lipinski definition) is 4. The number of aromatic nitrogens is 3. The molecule has 0 saturated heterocycles. The molecule has 1 N–H and O–H groups in total. The minimum atomic E-state index is -0.210. The van der Waals surface area contributed by atoms with Gasteiger partial charge in [0.1, 0.15) is 0 Å². The standard InChI is InChI=1S/C10H11N3O2/c1-6(2)15-10-12-8-5-11-4-3-7(8)9(14)13-10/h3-6H,1-2H3,(H,12,13,14). The molecule has 0 radical (unpaired) electrons. The average molecular weight is 205 g/mol. The van der Waals surface area contributed by atoms with Crippen LogP contribution in [0, 0.1) is 0 Å². The van der Waals surface area contributed by atoms with E-state index >= 15 is 0 Å². The van der Waals surface area contributed by atoms with Crippen molar-refractivity contribution in [2.24, 2.45) is 0 Å². The highest BCUT2D eigenvalue weighted by molar-refractivity contribution is 5.76. The van der Waals surface area contributed by atoms with Gasteiger partial charge in [-0.3, -0.25) is 14.8 Å². The van der Waals surface area contributed by atoms with Crippen molar-refractivity contribution in [3.63, 3.8) is 0 Å². The molecule has 2 aromatic rings. The average Bonchev–Trinajstić information content (AvgIpc) is 2.16. The Morgan fingerprint density at radius 3 is 3.00 bits per heavy atom. The molecule has 0 bridgehead atoms. The molecule has 0 amide bonds. The summed E-state index contributed by atoms with van der Waals surface area (Å²) in [5, 5.41) is 0.515. The SMILES string of the molecule is CC(C)Oc1nc2cnccc2c(=O)[nH]1. The van der Waals surface area contributed by atoms with Crippen molar-refractivity contribution in [1.29, 1.82) is 0 Å². The Morgan fingerprint density at radius 2 is 2.27 bits per heavy atom. The van der Waals surface area contributed by atoms with Crippen molar-refractivity contribution in [2.45, 2.75) is 20.0 Å². The zero-order chi connectivity index (χ0) is 10.8. The van der Waals surface area contributed by atoms with Crippen molar-refractivity contribution in [3.05, 3.63) is 28.8 Å². The summed E-state index contributed by atoms with van der Waals surface area (Å²) in [6, 6.07) is 1.86. The first-order chi connectivity index (χ1) is 7.16. The number of nitrogens with one attached hydrogen (secondary N) is 1. The van der Waals surface area contributed by atoms with Gasteiger partial charge < -0.3 is 4.74 Å². The highest BCUT2D eigenvalue weighted by Crippen LogP contribution is 2.08. The third kappa shape index (κ3) is 1.96. The number of aromatic amines is 1. The van der Waals surface area contributed by atoms with Crippen molar-refractivity contribution in [2.75, 3.05) is 0 Å². The van der Waals surface area contributed by atoms with Crippen LogP contribution in [0.3, 0.4) is 0 Å². The summed E-state index contributed by atoms with van der Waals surface area (Å²) in [5.41, 5.74) is 0.329. The third-order valence-electron chi connectivity index (χ3n) is 1.83. The lowest BCUT2D eigenvalue weighted by molar-refractivity contribution is 0.222. The summed E-state index contributed by atoms with van der Waals surface area (Å²) in [4.78, 5) is 22.2. The second-order valence-electron chi connectivity index (χ2n) is 3.43. The fourth-order valence-corrected chi connectivity index (χ4v) is 1.25. The topological polar surface area (TPSA) is 67.9 Å². The summed E-state index contributed by atoms with van der Waals surface area (Å²) in [7, 11) is 0. The number of ether oxygens (including phenoxy) is 1. The molecule has 0 aromatic carbocycles. The molecule has 0 aliphatic rings. The van der Waals surface area contributed by atoms with E-state index in [1.807, 2.05) is 13.8 Å². The van der Waals surface area contributed by atoms with E-state index in [4.69, 9.17) is 4.74 Å². The molecule has 0 spiro atoms. The Labute approximate surface area is 86.1 Å². The zero-order valence-corrected chi connectivity index (χ0v) is 8.52. The van der Waals surface area contributed by atoms with E-state index in [2.05, 4.69) is 15.0 Å². The monoisotopic (exact) mass is 205 g/mol. The predicted octanol–water partition coefficient (Wildman–Crippen LogP) is 1.11. The summed E-state index contributed by atoms with van der Waals surface area (Å²) in [5.74, 6) is 0. The van der Waals surface area contributed by atoms with E-state index in [0.717, 1.165) is 0 Å². The van der Waals surface area contributed by atoms with E-state index in [1.165, 1.54) is 6.20 Å². The lowest BCUT2D eigenvalue weighted by Crippen LogP contribution is -2.14. The molecular weight excluding hydrogens is 194 g/mol. The zero-order valence-electron chi connectivity index (χ0n) is 8.52. The van der Waals surface area contributed by atoms with Crippen LogP contribution in [-0.2, 0) is 0 Å². The molecule has 0 aliphatic heterocycles. The van der Waals surface area contributed by atoms with Crippen molar-refractivity contribution in [1.82, 2.24) is 15.0 Å².